The number of hydrogen-bond donors (Lipinski definition) is 10. The number of rotatable bonds is 23. The van der Waals surface area contributed by atoms with E-state index in [-0.39, 0.29) is 145 Å². The predicted molar refractivity (Wildman–Crippen MR) is 546 cm³/mol. The van der Waals surface area contributed by atoms with Crippen molar-refractivity contribution < 1.29 is 57.8 Å². The SMILES string of the molecule is C.C=C(N[C@@H](C)c1ccc(-c2scnc2C)cc1)[C@@H]1C[C@@H](O)CN1C(=O)[C@@H](CC(C)(C)C)C(C)(C)C.C=C1CCC(NC(=O)c2ccc(C(C)(C)C)cn2)C(=O)N1.CC.CC.CN[C@@H](C)C(=O)N[C@H](C(=O)N1C[C@@H](C)C[C@H]1C(=O)N[C@@H]1CCCc2ccccc21)C1CCCCC1.Cc1ncsc1-c1ccc(CNC(=O)[C@@H]2C[C@@H](O)CN2C(=O)[C@@H](NC(=O)C2(F)CC2)C(C)(C)C)c(C(C)(C)C)c1. The second-order valence-electron chi connectivity index (χ2n) is 42.8. The highest BCUT2D eigenvalue weighted by molar-refractivity contribution is 7.13. The lowest BCUT2D eigenvalue weighted by molar-refractivity contribution is -0.145. The standard InChI is InChI=1S/C30H41FN4O4S.C29H43N3O2S.C28H42N4O3.C16H21N3O2.2C2H6.CH4/c1-17-23(40-16-33-17)18-8-9-19(21(12-18)28(2,3)4)14-32-25(37)22-13-20(36)15-35(22)26(38)24(29(5,6)7)34-27(39)30(31)10-11-30;1-18(21-10-12-22(13-11-21)26-20(3)30-17-35-26)31-19(2)25-14-23(33)16-32(25)27(34)24(29(7,8)9)15-28(4,5)6;1-18-16-24(27(34)30-23-15-9-13-20-10-7-8-14-22(20)23)32(17-18)28(35)25(21-11-5-4-6-12-21)31-26(33)19(2)29-3;1-10-5-7-13(15(21)18-10)19-14(20)12-8-6-11(9-17-12)16(2,3)4;2*1-2;/h8-9,12,16,20,22,24,36H,10-11,13-15H2,1-7H3,(H,32,37)(H,34,39);10-13,17-18,23-25,31,33H,2,14-16H2,1,3-9H3;7-8,10,14,18-19,21,23-25,29H,4-6,9,11-13,15-17H2,1-3H3,(H,30,34)(H,31,33);6,8-9,13H,1,5,7H2,2-4H3,(H,18,21)(H,19,20);2*1-2H3;1H4/t20-,22+,24-;18-,23+,24+,25-;18-,19-,23+,24-,25-;;;;/m100..../s1. The highest BCUT2D eigenvalue weighted by atomic mass is 32.1. The predicted octanol–water partition coefficient (Wildman–Crippen LogP) is 18.1. The minimum Gasteiger partial charge on any atom is -0.391 e. The average Bonchev–Trinajstić information content (AvgIpc) is 1.69. The minimum atomic E-state index is -1.93. The number of nitrogens with one attached hydrogen (secondary N) is 8. The van der Waals surface area contributed by atoms with Crippen LogP contribution in [0.4, 0.5) is 4.39 Å². The molecule has 0 radical (unpaired) electrons. The highest BCUT2D eigenvalue weighted by Gasteiger charge is 2.54. The van der Waals surface area contributed by atoms with Gasteiger partial charge >= 0.3 is 0 Å². The third-order valence-corrected chi connectivity index (χ3v) is 28.4. The fraction of sp³-hybridized carbons (Fsp3) is 0.611. The van der Waals surface area contributed by atoms with Crippen molar-refractivity contribution in [2.75, 3.05) is 26.7 Å². The van der Waals surface area contributed by atoms with Crippen LogP contribution in [0.3, 0.4) is 0 Å². The second kappa shape index (κ2) is 49.3. The lowest BCUT2D eigenvalue weighted by Crippen LogP contribution is -2.59. The van der Waals surface area contributed by atoms with E-state index in [1.165, 1.54) is 32.9 Å². The number of likely N-dealkylation sites (N-methyl/N-ethyl adjacent to an activating group) is 1. The van der Waals surface area contributed by atoms with Crippen LogP contribution >= 0.6 is 22.7 Å². The Kier molecular flexibility index (Phi) is 41.1. The number of aryl methyl sites for hydroxylation is 3. The fourth-order valence-electron chi connectivity index (χ4n) is 18.4. The smallest absolute Gasteiger partial charge is 0.270 e. The van der Waals surface area contributed by atoms with E-state index >= 15 is 0 Å². The van der Waals surface area contributed by atoms with Crippen LogP contribution in [-0.4, -0.2) is 180 Å². The molecule has 6 fully saturated rings. The van der Waals surface area contributed by atoms with Crippen LogP contribution in [0.25, 0.3) is 20.9 Å². The minimum absolute atomic E-state index is 0. The maximum atomic E-state index is 14.4. The zero-order valence-corrected chi connectivity index (χ0v) is 87.0. The molecule has 6 aromatic rings. The van der Waals surface area contributed by atoms with E-state index in [9.17, 15) is 57.8 Å². The first-order valence-corrected chi connectivity index (χ1v) is 50.8. The van der Waals surface area contributed by atoms with E-state index in [1.54, 1.807) is 74.6 Å². The second-order valence-corrected chi connectivity index (χ2v) is 44.5. The summed E-state index contributed by atoms with van der Waals surface area (Å²) in [4.78, 5) is 138. The van der Waals surface area contributed by atoms with Crippen LogP contribution in [0.15, 0.2) is 121 Å². The third-order valence-electron chi connectivity index (χ3n) is 26.5. The van der Waals surface area contributed by atoms with Crippen LogP contribution in [0.1, 0.15) is 323 Å². The zero-order chi connectivity index (χ0) is 100. The van der Waals surface area contributed by atoms with Crippen molar-refractivity contribution in [1.29, 1.82) is 0 Å². The number of thiazole rings is 2. The molecule has 7 heterocycles. The van der Waals surface area contributed by atoms with Gasteiger partial charge in [-0.2, -0.15) is 0 Å². The molecule has 750 valence electrons. The first-order valence-electron chi connectivity index (χ1n) is 49.0. The van der Waals surface area contributed by atoms with Gasteiger partial charge in [0.05, 0.1) is 62.5 Å². The Morgan fingerprint density at radius 1 is 0.625 bits per heavy atom. The summed E-state index contributed by atoms with van der Waals surface area (Å²) in [5, 5.41) is 44.7. The first kappa shape index (κ1) is 113. The number of β-amino-alcohol motifs (C(OH)–C–C–N with tert-alkyl or cyclic N) is 2. The number of fused-ring (bicyclic) bond motifs is 1. The summed E-state index contributed by atoms with van der Waals surface area (Å²) in [7, 11) is 1.74. The van der Waals surface area contributed by atoms with Gasteiger partial charge < -0.3 is 67.4 Å². The first-order chi connectivity index (χ1) is 63.3. The van der Waals surface area contributed by atoms with Gasteiger partial charge in [0.25, 0.3) is 11.8 Å². The van der Waals surface area contributed by atoms with E-state index < -0.39 is 65.3 Å². The van der Waals surface area contributed by atoms with Gasteiger partial charge in [0.2, 0.25) is 41.4 Å². The quantitative estimate of drug-likeness (QED) is 0.0285. The zero-order valence-electron chi connectivity index (χ0n) is 85.3. The Bertz CT molecular complexity index is 5030. The molecule has 25 nitrogen and oxygen atoms in total. The van der Waals surface area contributed by atoms with Gasteiger partial charge in [0, 0.05) is 68.6 Å². The van der Waals surface area contributed by atoms with Gasteiger partial charge in [-0.05, 0) is 201 Å². The number of halogens is 1. The number of piperidine rings is 1. The number of aromatic nitrogens is 3. The van der Waals surface area contributed by atoms with Crippen LogP contribution in [0.5, 0.6) is 0 Å². The molecule has 2 saturated carbocycles. The Labute approximate surface area is 819 Å². The number of benzene rings is 3. The maximum Gasteiger partial charge on any atom is 0.270 e. The number of carbonyl (C=O) groups is 9. The Morgan fingerprint density at radius 3 is 1.74 bits per heavy atom. The molecule has 28 heteroatoms. The van der Waals surface area contributed by atoms with E-state index in [0.29, 0.717) is 50.2 Å². The molecule has 4 aliphatic heterocycles. The number of aliphatic hydroxyl groups is 2. The molecule has 13 atom stereocenters. The van der Waals surface area contributed by atoms with Gasteiger partial charge in [-0.3, -0.25) is 48.1 Å². The largest absolute Gasteiger partial charge is 0.391 e. The topological polar surface area (TPSA) is 339 Å². The highest BCUT2D eigenvalue weighted by Crippen LogP contribution is 2.44. The molecule has 3 aromatic carbocycles. The molecule has 4 saturated heterocycles. The van der Waals surface area contributed by atoms with E-state index in [4.69, 9.17) is 0 Å². The molecule has 136 heavy (non-hydrogen) atoms. The summed E-state index contributed by atoms with van der Waals surface area (Å²) in [6.07, 6.45) is 12.1. The van der Waals surface area contributed by atoms with E-state index in [0.717, 1.165) is 101 Å². The van der Waals surface area contributed by atoms with E-state index in [2.05, 4.69) is 216 Å². The van der Waals surface area contributed by atoms with Crippen LogP contribution < -0.4 is 42.5 Å². The van der Waals surface area contributed by atoms with Gasteiger partial charge in [0.1, 0.15) is 35.9 Å². The normalized spacial score (nSPS) is 21.4. The lowest BCUT2D eigenvalue weighted by Gasteiger charge is -2.39. The molecular formula is C108H163FN14O11S2. The Hall–Kier alpha value is -9.61. The fourth-order valence-corrected chi connectivity index (χ4v) is 20.0. The number of carbonyl (C=O) groups excluding carboxylic acids is 9. The number of nitrogens with zero attached hydrogens (tertiary/aromatic N) is 6. The molecule has 9 amide bonds. The van der Waals surface area contributed by atoms with Crippen LogP contribution in [-0.2, 0) is 62.2 Å². The van der Waals surface area contributed by atoms with Gasteiger partial charge in [-0.1, -0.05) is 245 Å². The van der Waals surface area contributed by atoms with Crippen molar-refractivity contribution in [3.63, 3.8) is 0 Å². The summed E-state index contributed by atoms with van der Waals surface area (Å²) < 4.78 is 14.4. The molecule has 3 aliphatic carbocycles. The van der Waals surface area contributed by atoms with Crippen molar-refractivity contribution in [3.05, 3.63) is 171 Å². The molecule has 0 bridgehead atoms. The summed E-state index contributed by atoms with van der Waals surface area (Å²) in [6.45, 7) is 58.1. The van der Waals surface area contributed by atoms with E-state index in [1.807, 2.05) is 81.7 Å². The van der Waals surface area contributed by atoms with Crippen molar-refractivity contribution in [2.24, 2.45) is 34.0 Å². The number of aliphatic hydroxyl groups excluding tert-OH is 2. The van der Waals surface area contributed by atoms with Gasteiger partial charge in [-0.15, -0.1) is 22.7 Å². The summed E-state index contributed by atoms with van der Waals surface area (Å²) in [5.74, 6) is -2.19. The van der Waals surface area contributed by atoms with Crippen molar-refractivity contribution in [1.82, 2.24) is 72.2 Å². The number of likely N-dealkylation sites (tertiary alicyclic amines) is 3. The average molecular weight is 1920 g/mol. The van der Waals surface area contributed by atoms with Crippen LogP contribution in [0.2, 0.25) is 0 Å². The molecule has 1 unspecified atom stereocenters. The molecule has 10 N–H and O–H groups in total. The number of pyridine rings is 1. The number of hydrogen-bond acceptors (Lipinski definition) is 18. The number of allylic oxidation sites excluding steroid dienone is 1. The summed E-state index contributed by atoms with van der Waals surface area (Å²) >= 11 is 3.24. The molecule has 7 aliphatic rings. The monoisotopic (exact) mass is 1920 g/mol. The van der Waals surface area contributed by atoms with Crippen molar-refractivity contribution >= 4 is 75.8 Å². The Morgan fingerprint density at radius 2 is 1.20 bits per heavy atom. The Balaban J connectivity index is 0.000000248. The van der Waals surface area contributed by atoms with Gasteiger partial charge in [0.15, 0.2) is 5.67 Å². The van der Waals surface area contributed by atoms with Crippen molar-refractivity contribution in [2.45, 2.75) is 366 Å². The molecule has 13 rings (SSSR count). The van der Waals surface area contributed by atoms with Crippen molar-refractivity contribution in [3.8, 4) is 20.9 Å². The molecule has 0 spiro atoms. The third kappa shape index (κ3) is 30.7. The molecule has 3 aromatic heterocycles. The molecular weight excluding hydrogens is 1750 g/mol. The summed E-state index contributed by atoms with van der Waals surface area (Å²) in [6, 6.07) is 22.5. The summed E-state index contributed by atoms with van der Waals surface area (Å²) in [5.41, 5.74) is 13.5. The number of alkyl halides is 1. The lowest BCUT2D eigenvalue weighted by atomic mass is 9.71. The maximum absolute atomic E-state index is 14.4. The van der Waals surface area contributed by atoms with Gasteiger partial charge in [-0.25, -0.2) is 14.4 Å². The number of amides is 9. The van der Waals surface area contributed by atoms with Crippen LogP contribution in [0, 0.1) is 47.8 Å².